The maximum atomic E-state index is 13.6. The second-order valence-corrected chi connectivity index (χ2v) is 17.7. The number of imide groups is 2. The summed E-state index contributed by atoms with van der Waals surface area (Å²) in [7, 11) is 0. The number of carbonyl (C=O) groups excluding carboxylic acids is 6. The molecule has 60 heavy (non-hydrogen) atoms. The molecule has 1 aromatic heterocycles. The summed E-state index contributed by atoms with van der Waals surface area (Å²) < 4.78 is 24.2. The van der Waals surface area contributed by atoms with Crippen molar-refractivity contribution in [2.24, 2.45) is 0 Å². The number of carbonyl (C=O) groups is 6. The number of ether oxygens (including phenoxy) is 4. The minimum absolute atomic E-state index is 0.113. The Morgan fingerprint density at radius 2 is 1.27 bits per heavy atom. The van der Waals surface area contributed by atoms with Crippen LogP contribution in [0.5, 0.6) is 5.75 Å². The molecule has 0 spiro atoms. The number of imidazole rings is 1. The first kappa shape index (κ1) is 46.7. The van der Waals surface area contributed by atoms with Gasteiger partial charge in [-0.05, 0) is 126 Å². The third kappa shape index (κ3) is 13.5. The van der Waals surface area contributed by atoms with Crippen LogP contribution in [-0.4, -0.2) is 92.3 Å². The second kappa shape index (κ2) is 18.5. The molecule has 2 heterocycles. The number of esters is 1. The van der Waals surface area contributed by atoms with Crippen molar-refractivity contribution in [1.82, 2.24) is 19.9 Å². The van der Waals surface area contributed by atoms with Crippen molar-refractivity contribution in [3.05, 3.63) is 65.9 Å². The maximum Gasteiger partial charge on any atom is 0.438 e. The number of hydrogen-bond donors (Lipinski definition) is 1. The topological polar surface area (TPSA) is 203 Å². The molecule has 0 aliphatic carbocycles. The van der Waals surface area contributed by atoms with E-state index in [2.05, 4.69) is 10.3 Å². The van der Waals surface area contributed by atoms with Gasteiger partial charge in [0.25, 0.3) is 11.8 Å². The standard InChI is InChI=1S/C42H55N5O13/c1-39(2,3)55-34(50)31(58-47-32(48)28-16-13-14-17-29(28)33(47)49)25-54-27-20-18-26(19-21-27)30-24-45(23-15-22-43-36(51)59-60-42(10,11)12)35(44-30)46(37(52)56-40(4,5)6)38(53)57-41(7,8)9/h13-14,16-21,24,31H,15,22-23,25H2,1-12H3,(H,43,51)/t31-/m0/s1. The van der Waals surface area contributed by atoms with Crippen LogP contribution >= 0.6 is 0 Å². The lowest BCUT2D eigenvalue weighted by Gasteiger charge is -2.28. The van der Waals surface area contributed by atoms with E-state index in [1.54, 1.807) is 130 Å². The SMILES string of the molecule is CC(C)(C)OOC(=O)NCCCn1cc(-c2ccc(OC[C@H](ON3C(=O)c4ccccc4C3=O)C(=O)OC(C)(C)C)cc2)nc1N(C(=O)OC(C)(C)C)C(=O)OC(C)(C)C. The molecule has 1 aliphatic heterocycles. The monoisotopic (exact) mass is 837 g/mol. The van der Waals surface area contributed by atoms with Crippen LogP contribution in [0.15, 0.2) is 54.7 Å². The zero-order valence-corrected chi connectivity index (χ0v) is 36.2. The number of aryl methyl sites for hydroxylation is 1. The Bertz CT molecular complexity index is 1990. The fraction of sp³-hybridized carbons (Fsp3) is 0.500. The normalized spacial score (nSPS) is 13.6. The van der Waals surface area contributed by atoms with Crippen LogP contribution in [0.2, 0.25) is 0 Å². The van der Waals surface area contributed by atoms with Crippen molar-refractivity contribution < 1.29 is 62.3 Å². The van der Waals surface area contributed by atoms with Gasteiger partial charge in [-0.2, -0.15) is 4.89 Å². The number of anilines is 1. The molecule has 0 fully saturated rings. The Balaban J connectivity index is 1.59. The highest BCUT2D eigenvalue weighted by Crippen LogP contribution is 2.29. The summed E-state index contributed by atoms with van der Waals surface area (Å²) in [5.41, 5.74) is -2.46. The van der Waals surface area contributed by atoms with E-state index in [9.17, 15) is 28.8 Å². The van der Waals surface area contributed by atoms with Crippen molar-refractivity contribution >= 4 is 42.0 Å². The summed E-state index contributed by atoms with van der Waals surface area (Å²) in [5.74, 6) is -2.16. The molecule has 5 amide bonds. The lowest BCUT2D eigenvalue weighted by Crippen LogP contribution is -2.45. The number of nitrogens with zero attached hydrogens (tertiary/aromatic N) is 4. The largest absolute Gasteiger partial charge is 0.490 e. The minimum atomic E-state index is -1.52. The maximum absolute atomic E-state index is 13.6. The average Bonchev–Trinajstić information content (AvgIpc) is 3.62. The number of fused-ring (bicyclic) bond motifs is 1. The Morgan fingerprint density at radius 3 is 1.77 bits per heavy atom. The molecule has 0 saturated carbocycles. The van der Waals surface area contributed by atoms with E-state index in [0.717, 1.165) is 0 Å². The summed E-state index contributed by atoms with van der Waals surface area (Å²) >= 11 is 0. The molecule has 3 aromatic rings. The number of amides is 5. The lowest BCUT2D eigenvalue weighted by atomic mass is 10.1. The van der Waals surface area contributed by atoms with Gasteiger partial charge in [0.05, 0.1) is 16.8 Å². The number of nitrogens with one attached hydrogen (secondary N) is 1. The quantitative estimate of drug-likeness (QED) is 0.0446. The smallest absolute Gasteiger partial charge is 0.438 e. The molecule has 18 heteroatoms. The van der Waals surface area contributed by atoms with Crippen molar-refractivity contribution in [2.75, 3.05) is 18.1 Å². The molecule has 0 radical (unpaired) electrons. The third-order valence-corrected chi connectivity index (χ3v) is 7.53. The van der Waals surface area contributed by atoms with Gasteiger partial charge >= 0.3 is 24.2 Å². The molecule has 326 valence electrons. The van der Waals surface area contributed by atoms with Gasteiger partial charge < -0.3 is 28.8 Å². The van der Waals surface area contributed by atoms with Gasteiger partial charge in [0.2, 0.25) is 12.1 Å². The van der Waals surface area contributed by atoms with Crippen LogP contribution in [0.25, 0.3) is 11.3 Å². The molecule has 1 N–H and O–H groups in total. The van der Waals surface area contributed by atoms with Crippen molar-refractivity contribution in [3.8, 4) is 17.0 Å². The molecule has 0 bridgehead atoms. The summed E-state index contributed by atoms with van der Waals surface area (Å²) in [6, 6.07) is 12.7. The van der Waals surface area contributed by atoms with Gasteiger partial charge in [0.1, 0.15) is 34.8 Å². The van der Waals surface area contributed by atoms with Gasteiger partial charge in [0.15, 0.2) is 0 Å². The van der Waals surface area contributed by atoms with Gasteiger partial charge in [-0.1, -0.05) is 12.1 Å². The number of aromatic nitrogens is 2. The predicted molar refractivity (Wildman–Crippen MR) is 216 cm³/mol. The first-order chi connectivity index (χ1) is 27.7. The van der Waals surface area contributed by atoms with Gasteiger partial charge in [-0.15, -0.1) is 9.96 Å². The zero-order chi connectivity index (χ0) is 44.8. The van der Waals surface area contributed by atoms with E-state index in [1.165, 1.54) is 12.1 Å². The van der Waals surface area contributed by atoms with Gasteiger partial charge in [-0.3, -0.25) is 14.5 Å². The second-order valence-electron chi connectivity index (χ2n) is 17.7. The number of hydrogen-bond acceptors (Lipinski definition) is 14. The Kier molecular flexibility index (Phi) is 14.4. The number of hydroxylamine groups is 2. The van der Waals surface area contributed by atoms with Gasteiger partial charge in [0, 0.05) is 24.8 Å². The van der Waals surface area contributed by atoms with E-state index in [1.807, 2.05) is 0 Å². The molecular formula is C42H55N5O13. The Morgan fingerprint density at radius 1 is 0.733 bits per heavy atom. The summed E-state index contributed by atoms with van der Waals surface area (Å²) in [4.78, 5) is 99.6. The molecule has 0 saturated heterocycles. The Hall–Kier alpha value is -6.01. The number of benzene rings is 2. The van der Waals surface area contributed by atoms with Crippen LogP contribution in [0.1, 0.15) is 110 Å². The lowest BCUT2D eigenvalue weighted by molar-refractivity contribution is -0.300. The van der Waals surface area contributed by atoms with E-state index in [4.69, 9.17) is 33.6 Å². The summed E-state index contributed by atoms with van der Waals surface area (Å²) in [6.45, 7) is 19.9. The molecule has 1 atom stereocenters. The fourth-order valence-corrected chi connectivity index (χ4v) is 5.17. The molecule has 0 unspecified atom stereocenters. The van der Waals surface area contributed by atoms with Crippen molar-refractivity contribution in [2.45, 2.75) is 125 Å². The van der Waals surface area contributed by atoms with E-state index >= 15 is 0 Å². The molecule has 2 aromatic carbocycles. The zero-order valence-electron chi connectivity index (χ0n) is 36.2. The van der Waals surface area contributed by atoms with Crippen molar-refractivity contribution in [3.63, 3.8) is 0 Å². The molecule has 4 rings (SSSR count). The van der Waals surface area contributed by atoms with Crippen LogP contribution in [-0.2, 0) is 40.2 Å². The summed E-state index contributed by atoms with van der Waals surface area (Å²) in [6.07, 6.45) is -2.44. The van der Waals surface area contributed by atoms with E-state index < -0.39 is 71.2 Å². The third-order valence-electron chi connectivity index (χ3n) is 7.53. The number of rotatable bonds is 13. The molecular weight excluding hydrogens is 782 g/mol. The van der Waals surface area contributed by atoms with Crippen LogP contribution < -0.4 is 15.0 Å². The Labute approximate surface area is 349 Å². The first-order valence-electron chi connectivity index (χ1n) is 19.3. The van der Waals surface area contributed by atoms with E-state index in [-0.39, 0.29) is 35.9 Å². The van der Waals surface area contributed by atoms with Crippen LogP contribution in [0, 0.1) is 0 Å². The average molecular weight is 838 g/mol. The highest BCUT2D eigenvalue weighted by atomic mass is 17.2. The predicted octanol–water partition coefficient (Wildman–Crippen LogP) is 7.39. The van der Waals surface area contributed by atoms with Crippen LogP contribution in [0.4, 0.5) is 20.3 Å². The highest BCUT2D eigenvalue weighted by molar-refractivity contribution is 6.20. The highest BCUT2D eigenvalue weighted by Gasteiger charge is 2.41. The van der Waals surface area contributed by atoms with Crippen molar-refractivity contribution in [1.29, 1.82) is 0 Å². The molecule has 1 aliphatic rings. The minimum Gasteiger partial charge on any atom is -0.490 e. The fourth-order valence-electron chi connectivity index (χ4n) is 5.17. The van der Waals surface area contributed by atoms with Crippen LogP contribution in [0.3, 0.4) is 0 Å². The molecule has 18 nitrogen and oxygen atoms in total. The summed E-state index contributed by atoms with van der Waals surface area (Å²) in [5, 5.41) is 3.12. The van der Waals surface area contributed by atoms with Gasteiger partial charge in [-0.25, -0.2) is 29.0 Å². The van der Waals surface area contributed by atoms with E-state index in [0.29, 0.717) is 27.6 Å². The first-order valence-corrected chi connectivity index (χ1v) is 19.3.